The van der Waals surface area contributed by atoms with Crippen molar-refractivity contribution in [3.63, 3.8) is 0 Å². The number of hydrogen-bond donors (Lipinski definition) is 2. The molecule has 0 saturated heterocycles. The van der Waals surface area contributed by atoms with Crippen molar-refractivity contribution in [2.45, 2.75) is 25.8 Å². The van der Waals surface area contributed by atoms with E-state index in [-0.39, 0.29) is 12.5 Å². The van der Waals surface area contributed by atoms with E-state index in [2.05, 4.69) is 5.32 Å². The molecule has 1 unspecified atom stereocenters. The lowest BCUT2D eigenvalue weighted by molar-refractivity contribution is -0.137. The second kappa shape index (κ2) is 6.35. The number of halogens is 1. The number of carboxylic acid groups (broad SMARTS) is 1. The van der Waals surface area contributed by atoms with Crippen LogP contribution >= 0.6 is 11.6 Å². The number of anilines is 1. The normalized spacial score (nSPS) is 11.9. The molecule has 17 heavy (non-hydrogen) atoms. The molecular weight excluding hydrogens is 242 g/mol. The summed E-state index contributed by atoms with van der Waals surface area (Å²) >= 11 is 5.91. The van der Waals surface area contributed by atoms with Gasteiger partial charge in [0, 0.05) is 24.2 Å². The highest BCUT2D eigenvalue weighted by molar-refractivity contribution is 6.32. The first-order chi connectivity index (χ1) is 8.02. The fourth-order valence-corrected chi connectivity index (χ4v) is 1.64. The number of hydrogen-bond acceptors (Lipinski definition) is 3. The van der Waals surface area contributed by atoms with Crippen LogP contribution < -0.4 is 10.1 Å². The smallest absolute Gasteiger partial charge is 0.303 e. The standard InChI is InChI=1S/C12H16ClNO3/c1-8(3-6-12(15)16)14-9-4-5-10(13)11(7-9)17-2/h4-5,7-8,14H,3,6H2,1-2H3,(H,15,16). The Balaban J connectivity index is 2.59. The highest BCUT2D eigenvalue weighted by Gasteiger charge is 2.07. The van der Waals surface area contributed by atoms with Crippen molar-refractivity contribution in [3.8, 4) is 5.75 Å². The summed E-state index contributed by atoms with van der Waals surface area (Å²) in [6.07, 6.45) is 0.721. The van der Waals surface area contributed by atoms with Gasteiger partial charge in [-0.15, -0.1) is 0 Å². The van der Waals surface area contributed by atoms with Gasteiger partial charge in [0.05, 0.1) is 12.1 Å². The average Bonchev–Trinajstić information content (AvgIpc) is 2.29. The lowest BCUT2D eigenvalue weighted by atomic mass is 10.1. The summed E-state index contributed by atoms with van der Waals surface area (Å²) in [5.74, 6) is -0.186. The number of ether oxygens (including phenoxy) is 1. The van der Waals surface area contributed by atoms with Crippen LogP contribution in [0.15, 0.2) is 18.2 Å². The number of carboxylic acids is 1. The fourth-order valence-electron chi connectivity index (χ4n) is 1.45. The molecule has 1 aromatic carbocycles. The molecule has 1 rings (SSSR count). The Kier molecular flexibility index (Phi) is 5.10. The molecule has 0 aromatic heterocycles. The summed E-state index contributed by atoms with van der Waals surface area (Å²) in [5, 5.41) is 12.3. The van der Waals surface area contributed by atoms with Gasteiger partial charge in [-0.2, -0.15) is 0 Å². The molecule has 4 nitrogen and oxygen atoms in total. The molecule has 0 aliphatic heterocycles. The summed E-state index contributed by atoms with van der Waals surface area (Å²) < 4.78 is 5.10. The molecule has 0 radical (unpaired) electrons. The molecule has 0 aliphatic rings. The summed E-state index contributed by atoms with van der Waals surface area (Å²) in [7, 11) is 1.55. The van der Waals surface area contributed by atoms with Crippen LogP contribution in [0.5, 0.6) is 5.75 Å². The summed E-state index contributed by atoms with van der Waals surface area (Å²) in [5.41, 5.74) is 0.865. The molecular formula is C12H16ClNO3. The predicted octanol–water partition coefficient (Wildman–Crippen LogP) is 3.01. The lowest BCUT2D eigenvalue weighted by Gasteiger charge is -2.15. The lowest BCUT2D eigenvalue weighted by Crippen LogP contribution is -2.16. The first kappa shape index (κ1) is 13.6. The summed E-state index contributed by atoms with van der Waals surface area (Å²) in [6.45, 7) is 1.93. The Morgan fingerprint density at radius 2 is 2.29 bits per heavy atom. The van der Waals surface area contributed by atoms with E-state index >= 15 is 0 Å². The average molecular weight is 258 g/mol. The van der Waals surface area contributed by atoms with E-state index in [4.69, 9.17) is 21.4 Å². The zero-order valence-electron chi connectivity index (χ0n) is 9.87. The van der Waals surface area contributed by atoms with Crippen LogP contribution in [0, 0.1) is 0 Å². The molecule has 0 bridgehead atoms. The third-order valence-corrected chi connectivity index (χ3v) is 2.67. The quantitative estimate of drug-likeness (QED) is 0.823. The molecule has 1 atom stereocenters. The molecule has 0 heterocycles. The van der Waals surface area contributed by atoms with Crippen molar-refractivity contribution in [1.82, 2.24) is 0 Å². The maximum Gasteiger partial charge on any atom is 0.303 e. The van der Waals surface area contributed by atoms with E-state index in [9.17, 15) is 4.79 Å². The number of nitrogens with one attached hydrogen (secondary N) is 1. The number of rotatable bonds is 6. The topological polar surface area (TPSA) is 58.6 Å². The number of carbonyl (C=O) groups is 1. The first-order valence-corrected chi connectivity index (χ1v) is 5.72. The summed E-state index contributed by atoms with van der Waals surface area (Å²) in [6, 6.07) is 5.45. The highest BCUT2D eigenvalue weighted by atomic mass is 35.5. The van der Waals surface area contributed by atoms with Gasteiger partial charge >= 0.3 is 5.97 Å². The van der Waals surface area contributed by atoms with Crippen molar-refractivity contribution in [1.29, 1.82) is 0 Å². The van der Waals surface area contributed by atoms with Gasteiger partial charge < -0.3 is 15.2 Å². The Morgan fingerprint density at radius 1 is 1.59 bits per heavy atom. The van der Waals surface area contributed by atoms with E-state index in [0.29, 0.717) is 17.2 Å². The second-order valence-corrected chi connectivity index (χ2v) is 4.23. The Labute approximate surface area is 106 Å². The number of benzene rings is 1. The van der Waals surface area contributed by atoms with Crippen LogP contribution in [-0.4, -0.2) is 24.2 Å². The molecule has 0 amide bonds. The number of methoxy groups -OCH3 is 1. The maximum absolute atomic E-state index is 10.4. The van der Waals surface area contributed by atoms with Crippen LogP contribution in [0.2, 0.25) is 5.02 Å². The zero-order chi connectivity index (χ0) is 12.8. The van der Waals surface area contributed by atoms with Gasteiger partial charge in [-0.05, 0) is 25.5 Å². The SMILES string of the molecule is COc1cc(NC(C)CCC(=O)O)ccc1Cl. The molecule has 5 heteroatoms. The molecule has 0 aliphatic carbocycles. The predicted molar refractivity (Wildman–Crippen MR) is 68.0 cm³/mol. The van der Waals surface area contributed by atoms with Gasteiger partial charge in [0.1, 0.15) is 5.75 Å². The number of aliphatic carboxylic acids is 1. The monoisotopic (exact) mass is 257 g/mol. The Hall–Kier alpha value is -1.42. The van der Waals surface area contributed by atoms with E-state index in [1.807, 2.05) is 13.0 Å². The molecule has 2 N–H and O–H groups in total. The van der Waals surface area contributed by atoms with Crippen molar-refractivity contribution in [2.24, 2.45) is 0 Å². The molecule has 0 fully saturated rings. The van der Waals surface area contributed by atoms with Crippen molar-refractivity contribution in [2.75, 3.05) is 12.4 Å². The minimum absolute atomic E-state index is 0.0805. The second-order valence-electron chi connectivity index (χ2n) is 3.83. The van der Waals surface area contributed by atoms with Crippen molar-refractivity contribution < 1.29 is 14.6 Å². The third-order valence-electron chi connectivity index (χ3n) is 2.36. The van der Waals surface area contributed by atoms with E-state index in [0.717, 1.165) is 5.69 Å². The molecule has 1 aromatic rings. The minimum atomic E-state index is -0.785. The Bertz CT molecular complexity index is 395. The van der Waals surface area contributed by atoms with Gasteiger partial charge in [0.2, 0.25) is 0 Å². The van der Waals surface area contributed by atoms with Crippen LogP contribution in [0.4, 0.5) is 5.69 Å². The summed E-state index contributed by atoms with van der Waals surface area (Å²) in [4.78, 5) is 10.4. The van der Waals surface area contributed by atoms with Gasteiger partial charge in [-0.3, -0.25) is 4.79 Å². The fraction of sp³-hybridized carbons (Fsp3) is 0.417. The van der Waals surface area contributed by atoms with Gasteiger partial charge in [-0.1, -0.05) is 11.6 Å². The molecule has 0 spiro atoms. The van der Waals surface area contributed by atoms with Crippen LogP contribution in [0.3, 0.4) is 0 Å². The molecule has 0 saturated carbocycles. The van der Waals surface area contributed by atoms with Gasteiger partial charge in [-0.25, -0.2) is 0 Å². The van der Waals surface area contributed by atoms with E-state index in [1.54, 1.807) is 19.2 Å². The third kappa shape index (κ3) is 4.53. The highest BCUT2D eigenvalue weighted by Crippen LogP contribution is 2.27. The van der Waals surface area contributed by atoms with E-state index < -0.39 is 5.97 Å². The molecule has 94 valence electrons. The minimum Gasteiger partial charge on any atom is -0.495 e. The Morgan fingerprint density at radius 3 is 2.88 bits per heavy atom. The van der Waals surface area contributed by atoms with E-state index in [1.165, 1.54) is 0 Å². The van der Waals surface area contributed by atoms with Gasteiger partial charge in [0.25, 0.3) is 0 Å². The van der Waals surface area contributed by atoms with Crippen molar-refractivity contribution >= 4 is 23.3 Å². The first-order valence-electron chi connectivity index (χ1n) is 5.34. The van der Waals surface area contributed by atoms with Crippen LogP contribution in [-0.2, 0) is 4.79 Å². The zero-order valence-corrected chi connectivity index (χ0v) is 10.6. The van der Waals surface area contributed by atoms with Gasteiger partial charge in [0.15, 0.2) is 0 Å². The maximum atomic E-state index is 10.4. The van der Waals surface area contributed by atoms with Crippen LogP contribution in [0.25, 0.3) is 0 Å². The largest absolute Gasteiger partial charge is 0.495 e. The van der Waals surface area contributed by atoms with Crippen molar-refractivity contribution in [3.05, 3.63) is 23.2 Å². The van der Waals surface area contributed by atoms with Crippen LogP contribution in [0.1, 0.15) is 19.8 Å².